The molecule has 4 aromatic rings. The van der Waals surface area contributed by atoms with Crippen molar-refractivity contribution in [3.8, 4) is 11.4 Å². The van der Waals surface area contributed by atoms with E-state index in [4.69, 9.17) is 16.3 Å². The number of aryl methyl sites for hydroxylation is 2. The van der Waals surface area contributed by atoms with E-state index in [1.165, 1.54) is 31.0 Å². The van der Waals surface area contributed by atoms with E-state index in [1.807, 2.05) is 50.2 Å². The number of nitrogens with one attached hydrogen (secondary N) is 2. The number of aromatic nitrogens is 3. The van der Waals surface area contributed by atoms with Gasteiger partial charge in [0, 0.05) is 5.69 Å². The van der Waals surface area contributed by atoms with E-state index >= 15 is 0 Å². The Morgan fingerprint density at radius 1 is 1.08 bits per heavy atom. The van der Waals surface area contributed by atoms with Gasteiger partial charge < -0.3 is 15.4 Å². The van der Waals surface area contributed by atoms with Crippen LogP contribution in [0.25, 0.3) is 5.69 Å². The van der Waals surface area contributed by atoms with Gasteiger partial charge in [0.15, 0.2) is 11.0 Å². The lowest BCUT2D eigenvalue weighted by Crippen LogP contribution is -2.26. The second-order valence-corrected chi connectivity index (χ2v) is 9.69. The van der Waals surface area contributed by atoms with Gasteiger partial charge in [-0.15, -0.1) is 10.2 Å². The van der Waals surface area contributed by atoms with Crippen LogP contribution in [0.4, 0.5) is 10.1 Å². The molecule has 1 aromatic heterocycles. The average molecular weight is 554 g/mol. The lowest BCUT2D eigenvalue weighted by atomic mass is 10.1. The highest BCUT2D eigenvalue weighted by Gasteiger charge is 2.21. The number of hydrogen-bond donors (Lipinski definition) is 2. The van der Waals surface area contributed by atoms with Crippen LogP contribution in [-0.2, 0) is 11.3 Å². The van der Waals surface area contributed by atoms with Crippen LogP contribution in [0.15, 0.2) is 65.8 Å². The lowest BCUT2D eigenvalue weighted by Gasteiger charge is -2.14. The Morgan fingerprint density at radius 2 is 1.87 bits per heavy atom. The molecule has 0 fully saturated rings. The highest BCUT2D eigenvalue weighted by Crippen LogP contribution is 2.29. The molecule has 0 atom stereocenters. The van der Waals surface area contributed by atoms with Crippen molar-refractivity contribution in [2.45, 2.75) is 25.5 Å². The molecule has 2 amide bonds. The first kappa shape index (κ1) is 27.2. The second-order valence-electron chi connectivity index (χ2n) is 8.34. The van der Waals surface area contributed by atoms with Crippen LogP contribution in [0, 0.1) is 19.7 Å². The maximum absolute atomic E-state index is 14.2. The van der Waals surface area contributed by atoms with E-state index in [1.54, 1.807) is 10.6 Å². The Hall–Kier alpha value is -3.89. The zero-order valence-electron chi connectivity index (χ0n) is 20.9. The van der Waals surface area contributed by atoms with Gasteiger partial charge in [0.05, 0.1) is 35.7 Å². The zero-order chi connectivity index (χ0) is 27.2. The van der Waals surface area contributed by atoms with Crippen molar-refractivity contribution in [3.63, 3.8) is 0 Å². The molecule has 0 bridgehead atoms. The summed E-state index contributed by atoms with van der Waals surface area (Å²) in [6.45, 7) is 3.80. The lowest BCUT2D eigenvalue weighted by molar-refractivity contribution is -0.113. The van der Waals surface area contributed by atoms with Crippen LogP contribution in [0.1, 0.15) is 27.3 Å². The Balaban J connectivity index is 1.57. The predicted octanol–water partition coefficient (Wildman–Crippen LogP) is 5.35. The number of methoxy groups -OCH3 is 1. The first-order chi connectivity index (χ1) is 18.3. The summed E-state index contributed by atoms with van der Waals surface area (Å²) in [6, 6.07) is 17.1. The number of para-hydroxylation sites is 2. The summed E-state index contributed by atoms with van der Waals surface area (Å²) in [7, 11) is 1.54. The maximum atomic E-state index is 14.2. The van der Waals surface area contributed by atoms with Gasteiger partial charge in [0.2, 0.25) is 5.91 Å². The molecule has 1 heterocycles. The molecular formula is C27H25ClFN5O3S. The highest BCUT2D eigenvalue weighted by atomic mass is 35.5. The Kier molecular flexibility index (Phi) is 8.65. The Labute approximate surface area is 228 Å². The predicted molar refractivity (Wildman–Crippen MR) is 146 cm³/mol. The van der Waals surface area contributed by atoms with Crippen molar-refractivity contribution in [2.24, 2.45) is 0 Å². The van der Waals surface area contributed by atoms with Gasteiger partial charge in [-0.1, -0.05) is 53.7 Å². The molecular weight excluding hydrogens is 529 g/mol. The van der Waals surface area contributed by atoms with E-state index in [0.29, 0.717) is 22.4 Å². The number of rotatable bonds is 9. The van der Waals surface area contributed by atoms with E-state index in [-0.39, 0.29) is 28.8 Å². The molecule has 0 saturated carbocycles. The normalized spacial score (nSPS) is 10.8. The minimum Gasteiger partial charge on any atom is -0.495 e. The summed E-state index contributed by atoms with van der Waals surface area (Å²) < 4.78 is 21.4. The SMILES string of the molecule is COc1ccccc1-n1c(CNC(=O)c2c(F)cccc2Cl)nnc1SCC(=O)Nc1cc(C)ccc1C. The van der Waals surface area contributed by atoms with Gasteiger partial charge in [0.25, 0.3) is 5.91 Å². The molecule has 2 N–H and O–H groups in total. The zero-order valence-corrected chi connectivity index (χ0v) is 22.5. The molecule has 0 aliphatic heterocycles. The summed E-state index contributed by atoms with van der Waals surface area (Å²) in [5.74, 6) is -0.663. The minimum atomic E-state index is -0.729. The molecule has 0 aliphatic rings. The van der Waals surface area contributed by atoms with Gasteiger partial charge in [-0.25, -0.2) is 4.39 Å². The summed E-state index contributed by atoms with van der Waals surface area (Å²) in [6.07, 6.45) is 0. The molecule has 8 nitrogen and oxygen atoms in total. The number of anilines is 1. The Morgan fingerprint density at radius 3 is 2.63 bits per heavy atom. The number of benzene rings is 3. The van der Waals surface area contributed by atoms with Crippen LogP contribution >= 0.6 is 23.4 Å². The standard InChI is InChI=1S/C27H25ClFN5O3S/c1-16-11-12-17(2)20(13-16)31-24(35)15-38-27-33-32-23(34(27)21-9-4-5-10-22(21)37-3)14-30-26(36)25-18(28)7-6-8-19(25)29/h4-13H,14-15H2,1-3H3,(H,30,36)(H,31,35). The third-order valence-electron chi connectivity index (χ3n) is 5.62. The van der Waals surface area contributed by atoms with Gasteiger partial charge in [-0.2, -0.15) is 0 Å². The van der Waals surface area contributed by atoms with Crippen LogP contribution in [0.3, 0.4) is 0 Å². The average Bonchev–Trinajstić information content (AvgIpc) is 3.30. The van der Waals surface area contributed by atoms with Crippen LogP contribution in [-0.4, -0.2) is 39.4 Å². The molecule has 11 heteroatoms. The topological polar surface area (TPSA) is 98.1 Å². The molecule has 0 aliphatic carbocycles. The highest BCUT2D eigenvalue weighted by molar-refractivity contribution is 7.99. The van der Waals surface area contributed by atoms with Crippen molar-refractivity contribution < 1.29 is 18.7 Å². The van der Waals surface area contributed by atoms with Crippen LogP contribution in [0.5, 0.6) is 5.75 Å². The number of amides is 2. The third kappa shape index (κ3) is 6.15. The molecule has 0 radical (unpaired) electrons. The second kappa shape index (κ2) is 12.1. The quantitative estimate of drug-likeness (QED) is 0.271. The fourth-order valence-electron chi connectivity index (χ4n) is 3.71. The van der Waals surface area contributed by atoms with Crippen molar-refractivity contribution in [1.82, 2.24) is 20.1 Å². The summed E-state index contributed by atoms with van der Waals surface area (Å²) in [5, 5.41) is 14.5. The fraction of sp³-hybridized carbons (Fsp3) is 0.185. The molecule has 0 unspecified atom stereocenters. The number of ether oxygens (including phenoxy) is 1. The minimum absolute atomic E-state index is 0.000186. The number of carbonyl (C=O) groups excluding carboxylic acids is 2. The third-order valence-corrected chi connectivity index (χ3v) is 6.87. The molecule has 196 valence electrons. The van der Waals surface area contributed by atoms with E-state index in [9.17, 15) is 14.0 Å². The number of thioether (sulfide) groups is 1. The number of nitrogens with zero attached hydrogens (tertiary/aromatic N) is 3. The Bertz CT molecular complexity index is 1470. The van der Waals surface area contributed by atoms with Crippen LogP contribution in [0.2, 0.25) is 5.02 Å². The first-order valence-electron chi connectivity index (χ1n) is 11.6. The van der Waals surface area contributed by atoms with Crippen molar-refractivity contribution >= 4 is 40.9 Å². The van der Waals surface area contributed by atoms with Crippen LogP contribution < -0.4 is 15.4 Å². The summed E-state index contributed by atoms with van der Waals surface area (Å²) in [5.41, 5.74) is 3.11. The van der Waals surface area contributed by atoms with Gasteiger partial charge in [0.1, 0.15) is 11.6 Å². The van der Waals surface area contributed by atoms with Gasteiger partial charge in [-0.3, -0.25) is 14.2 Å². The van der Waals surface area contributed by atoms with E-state index in [0.717, 1.165) is 22.9 Å². The van der Waals surface area contributed by atoms with Gasteiger partial charge in [-0.05, 0) is 55.3 Å². The smallest absolute Gasteiger partial charge is 0.256 e. The summed E-state index contributed by atoms with van der Waals surface area (Å²) in [4.78, 5) is 25.4. The fourth-order valence-corrected chi connectivity index (χ4v) is 4.73. The number of halogens is 2. The monoisotopic (exact) mass is 553 g/mol. The van der Waals surface area contributed by atoms with Crippen molar-refractivity contribution in [3.05, 3.63) is 94.0 Å². The largest absolute Gasteiger partial charge is 0.495 e. The first-order valence-corrected chi connectivity index (χ1v) is 12.9. The van der Waals surface area contributed by atoms with Gasteiger partial charge >= 0.3 is 0 Å². The van der Waals surface area contributed by atoms with E-state index < -0.39 is 11.7 Å². The van der Waals surface area contributed by atoms with Crippen molar-refractivity contribution in [1.29, 1.82) is 0 Å². The molecule has 0 spiro atoms. The number of hydrogen-bond acceptors (Lipinski definition) is 6. The molecule has 4 rings (SSSR count). The number of carbonyl (C=O) groups is 2. The van der Waals surface area contributed by atoms with Crippen molar-refractivity contribution in [2.75, 3.05) is 18.2 Å². The molecule has 0 saturated heterocycles. The van der Waals surface area contributed by atoms with E-state index in [2.05, 4.69) is 20.8 Å². The maximum Gasteiger partial charge on any atom is 0.256 e. The summed E-state index contributed by atoms with van der Waals surface area (Å²) >= 11 is 7.22. The molecule has 3 aromatic carbocycles. The molecule has 38 heavy (non-hydrogen) atoms.